The highest BCUT2D eigenvalue weighted by Crippen LogP contribution is 2.33. The Morgan fingerprint density at radius 1 is 0.889 bits per heavy atom. The fourth-order valence-electron chi connectivity index (χ4n) is 6.40. The molecule has 8 heteroatoms. The van der Waals surface area contributed by atoms with Gasteiger partial charge in [-0.25, -0.2) is 0 Å². The molecule has 4 aromatic carbocycles. The molecule has 0 aliphatic carbocycles. The first-order valence-corrected chi connectivity index (χ1v) is 16.1. The number of benzene rings is 4. The third kappa shape index (κ3) is 7.50. The van der Waals surface area contributed by atoms with E-state index in [1.807, 2.05) is 73.8 Å². The fraction of sp³-hybridized carbons (Fsp3) is 0.324. The Morgan fingerprint density at radius 2 is 1.60 bits per heavy atom. The summed E-state index contributed by atoms with van der Waals surface area (Å²) in [5.74, 6) is 0.286. The van der Waals surface area contributed by atoms with Crippen LogP contribution < -0.4 is 0 Å². The molecular weight excluding hydrogens is 603 g/mol. The van der Waals surface area contributed by atoms with Crippen LogP contribution in [-0.2, 0) is 0 Å². The Balaban J connectivity index is 1.30. The highest BCUT2D eigenvalue weighted by Gasteiger charge is 2.27. The van der Waals surface area contributed by atoms with Crippen LogP contribution in [0.4, 0.5) is 0 Å². The number of piperidine rings is 1. The maximum Gasteiger partial charge on any atom is 0.254 e. The lowest BCUT2D eigenvalue weighted by atomic mass is 9.86. The molecule has 0 radical (unpaired) electrons. The van der Waals surface area contributed by atoms with Gasteiger partial charge in [0.05, 0.1) is 21.7 Å². The highest BCUT2D eigenvalue weighted by molar-refractivity contribution is 6.42. The normalized spacial score (nSPS) is 14.6. The van der Waals surface area contributed by atoms with Gasteiger partial charge in [-0.2, -0.15) is 5.26 Å². The number of likely N-dealkylation sites (N-methyl/N-ethyl adjacent to an activating group) is 1. The Hall–Kier alpha value is -3.89. The number of amides is 2. The van der Waals surface area contributed by atoms with E-state index in [-0.39, 0.29) is 17.7 Å². The smallest absolute Gasteiger partial charge is 0.254 e. The van der Waals surface area contributed by atoms with Crippen LogP contribution in [0.15, 0.2) is 78.9 Å². The number of fused-ring (bicyclic) bond motifs is 1. The number of carbonyl (C=O) groups is 2. The minimum Gasteiger partial charge on any atom is -0.345 e. The molecule has 6 nitrogen and oxygen atoms in total. The maximum atomic E-state index is 13.8. The van der Waals surface area contributed by atoms with Gasteiger partial charge in [0.1, 0.15) is 0 Å². The summed E-state index contributed by atoms with van der Waals surface area (Å²) in [4.78, 5) is 32.5. The number of likely N-dealkylation sites (tertiary alicyclic amines) is 1. The minimum absolute atomic E-state index is 0.0234. The van der Waals surface area contributed by atoms with Crippen molar-refractivity contribution in [3.05, 3.63) is 117 Å². The molecule has 5 rings (SSSR count). The zero-order valence-corrected chi connectivity index (χ0v) is 27.5. The predicted octanol–water partition coefficient (Wildman–Crippen LogP) is 7.85. The van der Waals surface area contributed by atoms with Crippen LogP contribution in [0.25, 0.3) is 10.8 Å². The third-order valence-electron chi connectivity index (χ3n) is 8.90. The van der Waals surface area contributed by atoms with Crippen molar-refractivity contribution < 1.29 is 9.59 Å². The number of carbonyl (C=O) groups excluding carboxylic acids is 2. The summed E-state index contributed by atoms with van der Waals surface area (Å²) in [5.41, 5.74) is 3.95. The number of rotatable bonds is 9. The van der Waals surface area contributed by atoms with Crippen LogP contribution in [0, 0.1) is 11.3 Å². The van der Waals surface area contributed by atoms with Crippen LogP contribution in [-0.4, -0.2) is 73.8 Å². The van der Waals surface area contributed by atoms with Gasteiger partial charge in [0.2, 0.25) is 0 Å². The second-order valence-corrected chi connectivity index (χ2v) is 12.9. The lowest BCUT2D eigenvalue weighted by Gasteiger charge is -2.34. The van der Waals surface area contributed by atoms with Crippen molar-refractivity contribution >= 4 is 45.8 Å². The highest BCUT2D eigenvalue weighted by atomic mass is 35.5. The monoisotopic (exact) mass is 640 g/mol. The Kier molecular flexibility index (Phi) is 10.5. The molecule has 0 N–H and O–H groups in total. The van der Waals surface area contributed by atoms with Gasteiger partial charge < -0.3 is 14.7 Å². The third-order valence-corrected chi connectivity index (χ3v) is 9.63. The molecule has 0 aromatic heterocycles. The summed E-state index contributed by atoms with van der Waals surface area (Å²) in [5, 5.41) is 12.3. The molecule has 0 spiro atoms. The van der Waals surface area contributed by atoms with E-state index in [4.69, 9.17) is 23.2 Å². The Labute approximate surface area is 275 Å². The van der Waals surface area contributed by atoms with Crippen LogP contribution in [0.1, 0.15) is 68.5 Å². The van der Waals surface area contributed by atoms with Crippen LogP contribution in [0.2, 0.25) is 10.0 Å². The predicted molar refractivity (Wildman–Crippen MR) is 182 cm³/mol. The Morgan fingerprint density at radius 3 is 2.31 bits per heavy atom. The van der Waals surface area contributed by atoms with E-state index in [1.165, 1.54) is 0 Å². The zero-order chi connectivity index (χ0) is 32.1. The van der Waals surface area contributed by atoms with Crippen LogP contribution in [0.3, 0.4) is 0 Å². The van der Waals surface area contributed by atoms with Crippen molar-refractivity contribution in [3.8, 4) is 6.07 Å². The van der Waals surface area contributed by atoms with Crippen molar-refractivity contribution in [2.45, 2.75) is 31.1 Å². The summed E-state index contributed by atoms with van der Waals surface area (Å²) in [6.45, 7) is 3.22. The number of nitriles is 1. The van der Waals surface area contributed by atoms with Crippen LogP contribution >= 0.6 is 23.2 Å². The van der Waals surface area contributed by atoms with Gasteiger partial charge in [0.15, 0.2) is 0 Å². The summed E-state index contributed by atoms with van der Waals surface area (Å²) in [7, 11) is 5.41. The molecule has 1 heterocycles. The SMILES string of the molecule is CN(C)C(=O)c1ccccc1C1CCN(CC[C@H](CN(C)C(=O)c2cc(C#N)cc3ccccc23)c2ccc(Cl)c(Cl)c2)CC1. The number of halogens is 2. The molecule has 4 aromatic rings. The molecular formula is C37H38Cl2N4O2. The van der Waals surface area contributed by atoms with Crippen molar-refractivity contribution in [1.82, 2.24) is 14.7 Å². The molecule has 0 unspecified atom stereocenters. The number of hydrogen-bond acceptors (Lipinski definition) is 4. The van der Waals surface area contributed by atoms with E-state index >= 15 is 0 Å². The molecule has 1 aliphatic heterocycles. The first-order valence-electron chi connectivity index (χ1n) is 15.3. The molecule has 232 valence electrons. The second kappa shape index (κ2) is 14.5. The summed E-state index contributed by atoms with van der Waals surface area (Å²) in [6, 6.07) is 27.1. The van der Waals surface area contributed by atoms with Gasteiger partial charge in [0, 0.05) is 44.7 Å². The topological polar surface area (TPSA) is 67.7 Å². The van der Waals surface area contributed by atoms with E-state index in [9.17, 15) is 14.9 Å². The van der Waals surface area contributed by atoms with E-state index in [2.05, 4.69) is 17.0 Å². The minimum atomic E-state index is -0.125. The standard InChI is InChI=1S/C37H38Cl2N4O2/c1-41(2)36(44)32-11-7-6-9-30(32)26-14-17-43(18-15-26)19-16-29(27-12-13-34(38)35(39)22-27)24-42(3)37(45)33-21-25(23-40)20-28-8-4-5-10-31(28)33/h4-13,20-22,26,29H,14-19,24H2,1-3H3/t29-/m1/s1. The van der Waals surface area contributed by atoms with Crippen molar-refractivity contribution in [1.29, 1.82) is 5.26 Å². The largest absolute Gasteiger partial charge is 0.345 e. The van der Waals surface area contributed by atoms with E-state index < -0.39 is 0 Å². The number of hydrogen-bond donors (Lipinski definition) is 0. The molecule has 1 atom stereocenters. The van der Waals surface area contributed by atoms with Gasteiger partial charge in [-0.1, -0.05) is 71.7 Å². The molecule has 45 heavy (non-hydrogen) atoms. The Bertz CT molecular complexity index is 1740. The second-order valence-electron chi connectivity index (χ2n) is 12.1. The summed E-state index contributed by atoms with van der Waals surface area (Å²) >= 11 is 12.7. The van der Waals surface area contributed by atoms with Crippen molar-refractivity contribution in [3.63, 3.8) is 0 Å². The lowest BCUT2D eigenvalue weighted by Crippen LogP contribution is -2.36. The number of nitrogens with zero attached hydrogens (tertiary/aromatic N) is 4. The van der Waals surface area contributed by atoms with Gasteiger partial charge >= 0.3 is 0 Å². The molecule has 1 fully saturated rings. The first kappa shape index (κ1) is 32.5. The van der Waals surface area contributed by atoms with Crippen molar-refractivity contribution in [2.75, 3.05) is 47.3 Å². The van der Waals surface area contributed by atoms with Crippen LogP contribution in [0.5, 0.6) is 0 Å². The molecule has 0 saturated carbocycles. The van der Waals surface area contributed by atoms with E-state index in [0.29, 0.717) is 33.6 Å². The molecule has 2 amide bonds. The summed E-state index contributed by atoms with van der Waals surface area (Å²) in [6.07, 6.45) is 2.79. The zero-order valence-electron chi connectivity index (χ0n) is 26.0. The maximum absolute atomic E-state index is 13.8. The van der Waals surface area contributed by atoms with E-state index in [0.717, 1.165) is 66.4 Å². The first-order chi connectivity index (χ1) is 21.7. The van der Waals surface area contributed by atoms with E-state index in [1.54, 1.807) is 30.0 Å². The molecule has 1 saturated heterocycles. The lowest BCUT2D eigenvalue weighted by molar-refractivity contribution is 0.0783. The summed E-state index contributed by atoms with van der Waals surface area (Å²) < 4.78 is 0. The average molecular weight is 642 g/mol. The van der Waals surface area contributed by atoms with Gasteiger partial charge in [0.25, 0.3) is 11.8 Å². The quantitative estimate of drug-likeness (QED) is 0.187. The van der Waals surface area contributed by atoms with Gasteiger partial charge in [-0.05, 0) is 97.0 Å². The van der Waals surface area contributed by atoms with Gasteiger partial charge in [-0.3, -0.25) is 9.59 Å². The molecule has 0 bridgehead atoms. The fourth-order valence-corrected chi connectivity index (χ4v) is 6.70. The van der Waals surface area contributed by atoms with Crippen molar-refractivity contribution in [2.24, 2.45) is 0 Å². The average Bonchev–Trinajstić information content (AvgIpc) is 3.06. The molecule has 1 aliphatic rings. The van der Waals surface area contributed by atoms with Gasteiger partial charge in [-0.15, -0.1) is 0 Å².